The van der Waals surface area contributed by atoms with Crippen LogP contribution in [0.15, 0.2) is 27.5 Å². The van der Waals surface area contributed by atoms with E-state index in [9.17, 15) is 9.00 Å². The van der Waals surface area contributed by atoms with Crippen LogP contribution >= 0.6 is 0 Å². The first-order valence-corrected chi connectivity index (χ1v) is 6.36. The first-order chi connectivity index (χ1) is 9.01. The van der Waals surface area contributed by atoms with E-state index >= 15 is 0 Å². The van der Waals surface area contributed by atoms with Gasteiger partial charge in [0.2, 0.25) is 0 Å². The zero-order valence-electron chi connectivity index (χ0n) is 10.6. The van der Waals surface area contributed by atoms with E-state index in [0.717, 1.165) is 11.1 Å². The largest absolute Gasteiger partial charge is 0.458 e. The Hall–Kier alpha value is -1.93. The zero-order valence-corrected chi connectivity index (χ0v) is 11.4. The maximum atomic E-state index is 11.5. The average Bonchev–Trinajstić information content (AvgIpc) is 2.68. The lowest BCUT2D eigenvalue weighted by Crippen LogP contribution is -2.19. The minimum absolute atomic E-state index is 0.227. The molecule has 1 heterocycles. The number of rotatable bonds is 4. The number of aryl methyl sites for hydroxylation is 2. The fourth-order valence-corrected chi connectivity index (χ4v) is 2.09. The number of hydrogen-bond donors (Lipinski definition) is 0. The molecule has 2 rings (SSSR count). The summed E-state index contributed by atoms with van der Waals surface area (Å²) in [5, 5.41) is 3.42. The van der Waals surface area contributed by atoms with Gasteiger partial charge in [0.15, 0.2) is 0 Å². The minimum atomic E-state index is -2.04. The standard InChI is InChI=1S/C11H12N2O5S/c1-7-4-8(2)6-9(5-7)17-10-12-18-11(14)13(10)19(15)16-3/h4-6H,1-3H3. The molecule has 1 aromatic heterocycles. The molecule has 1 aromatic carbocycles. The third-order valence-electron chi connectivity index (χ3n) is 2.24. The molecule has 0 aliphatic heterocycles. The normalized spacial score (nSPS) is 12.4. The summed E-state index contributed by atoms with van der Waals surface area (Å²) in [7, 11) is 1.19. The van der Waals surface area contributed by atoms with Gasteiger partial charge in [-0.15, -0.1) is 3.97 Å². The van der Waals surface area contributed by atoms with Crippen molar-refractivity contribution in [3.63, 3.8) is 0 Å². The molecule has 0 spiro atoms. The van der Waals surface area contributed by atoms with Crippen molar-refractivity contribution in [3.05, 3.63) is 39.9 Å². The molecule has 19 heavy (non-hydrogen) atoms. The molecule has 102 valence electrons. The number of hydrogen-bond acceptors (Lipinski definition) is 6. The summed E-state index contributed by atoms with van der Waals surface area (Å²) in [6.07, 6.45) is 0. The first-order valence-electron chi connectivity index (χ1n) is 5.33. The lowest BCUT2D eigenvalue weighted by atomic mass is 10.1. The summed E-state index contributed by atoms with van der Waals surface area (Å²) < 4.78 is 26.6. The van der Waals surface area contributed by atoms with E-state index < -0.39 is 17.0 Å². The van der Waals surface area contributed by atoms with Crippen LogP contribution in [0.4, 0.5) is 0 Å². The molecule has 0 aliphatic rings. The van der Waals surface area contributed by atoms with E-state index in [1.165, 1.54) is 7.11 Å². The van der Waals surface area contributed by atoms with Gasteiger partial charge < -0.3 is 4.74 Å². The van der Waals surface area contributed by atoms with Crippen molar-refractivity contribution in [2.75, 3.05) is 7.11 Å². The van der Waals surface area contributed by atoms with Crippen LogP contribution in [0.3, 0.4) is 0 Å². The highest BCUT2D eigenvalue weighted by molar-refractivity contribution is 7.78. The van der Waals surface area contributed by atoms with Crippen LogP contribution in [0.25, 0.3) is 0 Å². The number of benzene rings is 1. The number of ether oxygens (including phenoxy) is 1. The smallest absolute Gasteiger partial charge is 0.423 e. The molecule has 1 unspecified atom stereocenters. The lowest BCUT2D eigenvalue weighted by Gasteiger charge is -2.06. The molecule has 0 saturated carbocycles. The molecule has 0 fully saturated rings. The Balaban J connectivity index is 2.39. The van der Waals surface area contributed by atoms with Crippen molar-refractivity contribution in [1.82, 2.24) is 9.13 Å². The van der Waals surface area contributed by atoms with E-state index in [1.807, 2.05) is 19.9 Å². The van der Waals surface area contributed by atoms with Gasteiger partial charge in [-0.05, 0) is 42.3 Å². The van der Waals surface area contributed by atoms with E-state index in [1.54, 1.807) is 12.1 Å². The molecule has 0 aliphatic carbocycles. The zero-order chi connectivity index (χ0) is 14.0. The average molecular weight is 284 g/mol. The minimum Gasteiger partial charge on any atom is -0.423 e. The Kier molecular flexibility index (Phi) is 3.82. The van der Waals surface area contributed by atoms with Crippen LogP contribution in [0.5, 0.6) is 11.8 Å². The van der Waals surface area contributed by atoms with E-state index in [0.29, 0.717) is 9.72 Å². The van der Waals surface area contributed by atoms with Crippen LogP contribution in [-0.2, 0) is 15.4 Å². The predicted octanol–water partition coefficient (Wildman–Crippen LogP) is 1.32. The predicted molar refractivity (Wildman–Crippen MR) is 67.3 cm³/mol. The summed E-state index contributed by atoms with van der Waals surface area (Å²) in [4.78, 5) is 11.3. The summed E-state index contributed by atoms with van der Waals surface area (Å²) in [6.45, 7) is 3.81. The van der Waals surface area contributed by atoms with Crippen LogP contribution in [-0.4, -0.2) is 20.4 Å². The molecule has 7 nitrogen and oxygen atoms in total. The Morgan fingerprint density at radius 2 is 1.89 bits per heavy atom. The second kappa shape index (κ2) is 5.37. The van der Waals surface area contributed by atoms with Crippen molar-refractivity contribution < 1.29 is 17.7 Å². The fourth-order valence-electron chi connectivity index (χ4n) is 1.59. The molecule has 2 aromatic rings. The van der Waals surface area contributed by atoms with Crippen molar-refractivity contribution in [1.29, 1.82) is 0 Å². The fraction of sp³-hybridized carbons (Fsp3) is 0.273. The summed E-state index contributed by atoms with van der Waals surface area (Å²) in [5.74, 6) is -0.452. The van der Waals surface area contributed by atoms with Gasteiger partial charge in [0.05, 0.1) is 7.11 Å². The van der Waals surface area contributed by atoms with E-state index in [2.05, 4.69) is 13.9 Å². The van der Waals surface area contributed by atoms with Gasteiger partial charge in [-0.1, -0.05) is 6.07 Å². The maximum absolute atomic E-state index is 11.5. The van der Waals surface area contributed by atoms with Crippen molar-refractivity contribution >= 4 is 11.3 Å². The Labute approximate surface area is 111 Å². The topological polar surface area (TPSA) is 83.6 Å². The Bertz CT molecular complexity index is 656. The van der Waals surface area contributed by atoms with Crippen LogP contribution < -0.4 is 10.5 Å². The number of aromatic nitrogens is 2. The SMILES string of the molecule is COS(=O)n1c(Oc2cc(C)cc(C)c2)noc1=O. The van der Waals surface area contributed by atoms with Crippen molar-refractivity contribution in [3.8, 4) is 11.8 Å². The number of nitrogens with zero attached hydrogens (tertiary/aromatic N) is 2. The molecule has 0 amide bonds. The summed E-state index contributed by atoms with van der Waals surface area (Å²) in [6, 6.07) is 5.25. The maximum Gasteiger partial charge on any atom is 0.458 e. The van der Waals surface area contributed by atoms with Gasteiger partial charge in [-0.3, -0.25) is 8.71 Å². The molecule has 1 atom stereocenters. The van der Waals surface area contributed by atoms with E-state index in [-0.39, 0.29) is 6.01 Å². The molecule has 0 bridgehead atoms. The monoisotopic (exact) mass is 284 g/mol. The van der Waals surface area contributed by atoms with E-state index in [4.69, 9.17) is 4.74 Å². The van der Waals surface area contributed by atoms with Gasteiger partial charge in [-0.25, -0.2) is 9.00 Å². The molecule has 0 N–H and O–H groups in total. The van der Waals surface area contributed by atoms with Crippen molar-refractivity contribution in [2.24, 2.45) is 0 Å². The molecule has 0 radical (unpaired) electrons. The summed E-state index contributed by atoms with van der Waals surface area (Å²) in [5.41, 5.74) is 1.97. The van der Waals surface area contributed by atoms with Gasteiger partial charge in [0, 0.05) is 0 Å². The second-order valence-electron chi connectivity index (χ2n) is 3.83. The van der Waals surface area contributed by atoms with Crippen LogP contribution in [0.1, 0.15) is 11.1 Å². The highest BCUT2D eigenvalue weighted by Gasteiger charge is 2.18. The molecular weight excluding hydrogens is 272 g/mol. The lowest BCUT2D eigenvalue weighted by molar-refractivity contribution is 0.351. The second-order valence-corrected chi connectivity index (χ2v) is 4.97. The van der Waals surface area contributed by atoms with Gasteiger partial charge in [0.1, 0.15) is 5.75 Å². The van der Waals surface area contributed by atoms with Crippen molar-refractivity contribution in [2.45, 2.75) is 13.8 Å². The molecular formula is C11H12N2O5S. The van der Waals surface area contributed by atoms with Crippen LogP contribution in [0.2, 0.25) is 0 Å². The van der Waals surface area contributed by atoms with Crippen LogP contribution in [0, 0.1) is 13.8 Å². The quantitative estimate of drug-likeness (QED) is 0.842. The third-order valence-corrected chi connectivity index (χ3v) is 3.13. The Morgan fingerprint density at radius 3 is 2.47 bits per heavy atom. The Morgan fingerprint density at radius 1 is 1.26 bits per heavy atom. The molecule has 0 saturated heterocycles. The third kappa shape index (κ3) is 2.91. The molecule has 8 heteroatoms. The van der Waals surface area contributed by atoms with Gasteiger partial charge in [0.25, 0.3) is 11.3 Å². The highest BCUT2D eigenvalue weighted by Crippen LogP contribution is 2.22. The van der Waals surface area contributed by atoms with Gasteiger partial charge >= 0.3 is 11.8 Å². The summed E-state index contributed by atoms with van der Waals surface area (Å²) >= 11 is -2.04. The first kappa shape index (κ1) is 13.5. The highest BCUT2D eigenvalue weighted by atomic mass is 32.2. The van der Waals surface area contributed by atoms with Gasteiger partial charge in [-0.2, -0.15) is 0 Å².